The highest BCUT2D eigenvalue weighted by atomic mass is 16.6. The Bertz CT molecular complexity index is 466. The second-order valence-electron chi connectivity index (χ2n) is 2.67. The van der Waals surface area contributed by atoms with Crippen LogP contribution in [-0.2, 0) is 9.53 Å². The van der Waals surface area contributed by atoms with Gasteiger partial charge in [-0.3, -0.25) is 4.79 Å². The van der Waals surface area contributed by atoms with Crippen LogP contribution in [0.5, 0.6) is 5.75 Å². The van der Waals surface area contributed by atoms with E-state index in [4.69, 9.17) is 5.53 Å². The summed E-state index contributed by atoms with van der Waals surface area (Å²) in [7, 11) is 0. The Morgan fingerprint density at radius 1 is 1.44 bits per heavy atom. The van der Waals surface area contributed by atoms with Crippen molar-refractivity contribution in [1.29, 1.82) is 0 Å². The van der Waals surface area contributed by atoms with E-state index in [0.717, 1.165) is 0 Å². The van der Waals surface area contributed by atoms with Gasteiger partial charge in [-0.1, -0.05) is 17.2 Å². The van der Waals surface area contributed by atoms with Gasteiger partial charge in [-0.15, -0.1) is 0 Å². The lowest BCUT2D eigenvalue weighted by atomic mass is 10.2. The number of esters is 2. The molecule has 0 aliphatic heterocycles. The van der Waals surface area contributed by atoms with Gasteiger partial charge in [-0.2, -0.15) is 0 Å². The highest BCUT2D eigenvalue weighted by Gasteiger charge is 2.15. The van der Waals surface area contributed by atoms with Crippen molar-refractivity contribution in [3.05, 3.63) is 40.3 Å². The zero-order chi connectivity index (χ0) is 12.0. The van der Waals surface area contributed by atoms with E-state index < -0.39 is 18.5 Å². The summed E-state index contributed by atoms with van der Waals surface area (Å²) >= 11 is 0. The minimum Gasteiger partial charge on any atom is -0.507 e. The zero-order valence-corrected chi connectivity index (χ0v) is 8.03. The van der Waals surface area contributed by atoms with E-state index in [1.165, 1.54) is 24.3 Å². The molecule has 82 valence electrons. The lowest BCUT2D eigenvalue weighted by molar-refractivity contribution is -0.136. The summed E-state index contributed by atoms with van der Waals surface area (Å²) in [5.74, 6) is -2.26. The molecule has 7 heteroatoms. The quantitative estimate of drug-likeness (QED) is 0.273. The predicted molar refractivity (Wildman–Crippen MR) is 52.5 cm³/mol. The minimum atomic E-state index is -0.990. The first-order chi connectivity index (χ1) is 7.65. The Hall–Kier alpha value is -2.53. The highest BCUT2D eigenvalue weighted by Crippen LogP contribution is 2.16. The Kier molecular flexibility index (Phi) is 3.88. The summed E-state index contributed by atoms with van der Waals surface area (Å²) in [4.78, 5) is 24.5. The third kappa shape index (κ3) is 3.00. The number of benzene rings is 1. The molecule has 0 aliphatic rings. The molecule has 0 aliphatic carbocycles. The number of carbonyl (C=O) groups is 2. The van der Waals surface area contributed by atoms with Crippen LogP contribution >= 0.6 is 0 Å². The van der Waals surface area contributed by atoms with E-state index in [1.54, 1.807) is 0 Å². The Morgan fingerprint density at radius 3 is 2.75 bits per heavy atom. The van der Waals surface area contributed by atoms with Crippen LogP contribution in [-0.4, -0.2) is 23.6 Å². The summed E-state index contributed by atoms with van der Waals surface area (Å²) < 4.78 is 4.32. The van der Waals surface area contributed by atoms with Crippen molar-refractivity contribution in [2.24, 2.45) is 5.11 Å². The van der Waals surface area contributed by atoms with Crippen molar-refractivity contribution in [2.75, 3.05) is 6.54 Å². The van der Waals surface area contributed by atoms with Gasteiger partial charge in [0, 0.05) is 4.91 Å². The summed E-state index contributed by atoms with van der Waals surface area (Å²) in [6, 6.07) is 5.62. The Labute approximate surface area is 89.9 Å². The number of carbonyl (C=O) groups excluding carboxylic acids is 2. The maximum Gasteiger partial charge on any atom is 0.349 e. The fraction of sp³-hybridized carbons (Fsp3) is 0.111. The van der Waals surface area contributed by atoms with Gasteiger partial charge < -0.3 is 9.84 Å². The molecule has 0 radical (unpaired) electrons. The van der Waals surface area contributed by atoms with Crippen LogP contribution in [0.25, 0.3) is 10.4 Å². The van der Waals surface area contributed by atoms with Crippen molar-refractivity contribution in [3.8, 4) is 5.75 Å². The average molecular weight is 221 g/mol. The second-order valence-corrected chi connectivity index (χ2v) is 2.67. The first-order valence-electron chi connectivity index (χ1n) is 4.19. The molecule has 0 saturated carbocycles. The third-order valence-electron chi connectivity index (χ3n) is 1.59. The number of para-hydroxylation sites is 1. The van der Waals surface area contributed by atoms with Crippen molar-refractivity contribution in [3.63, 3.8) is 0 Å². The molecule has 0 aromatic heterocycles. The number of phenols is 1. The molecular weight excluding hydrogens is 214 g/mol. The maximum absolute atomic E-state index is 11.3. The largest absolute Gasteiger partial charge is 0.507 e. The normalized spacial score (nSPS) is 9.00. The lowest BCUT2D eigenvalue weighted by Gasteiger charge is -2.02. The van der Waals surface area contributed by atoms with E-state index in [9.17, 15) is 14.7 Å². The first kappa shape index (κ1) is 11.5. The number of rotatable bonds is 3. The highest BCUT2D eigenvalue weighted by molar-refractivity contribution is 5.99. The smallest absolute Gasteiger partial charge is 0.349 e. The monoisotopic (exact) mass is 221 g/mol. The predicted octanol–water partition coefficient (Wildman–Crippen LogP) is 1.39. The van der Waals surface area contributed by atoms with E-state index in [2.05, 4.69) is 14.8 Å². The fourth-order valence-corrected chi connectivity index (χ4v) is 0.926. The van der Waals surface area contributed by atoms with Crippen LogP contribution in [0.3, 0.4) is 0 Å². The van der Waals surface area contributed by atoms with E-state index in [-0.39, 0.29) is 11.3 Å². The number of ether oxygens (including phenoxy) is 1. The molecule has 0 unspecified atom stereocenters. The van der Waals surface area contributed by atoms with Crippen molar-refractivity contribution < 1.29 is 19.4 Å². The van der Waals surface area contributed by atoms with Gasteiger partial charge in [-0.05, 0) is 17.7 Å². The Morgan fingerprint density at radius 2 is 2.12 bits per heavy atom. The molecular formula is C9H7N3O4. The average Bonchev–Trinajstić information content (AvgIpc) is 2.26. The molecule has 0 heterocycles. The van der Waals surface area contributed by atoms with Gasteiger partial charge in [0.05, 0.1) is 0 Å². The summed E-state index contributed by atoms with van der Waals surface area (Å²) in [6.07, 6.45) is 0. The standard InChI is InChI=1S/C9H7N3O4/c10-12-11-5-8(14)16-9(15)6-3-1-2-4-7(6)13/h1-4,13H,5H2. The molecule has 0 spiro atoms. The number of phenolic OH excluding ortho intramolecular Hbond substituents is 1. The molecule has 16 heavy (non-hydrogen) atoms. The lowest BCUT2D eigenvalue weighted by Crippen LogP contribution is -2.14. The van der Waals surface area contributed by atoms with Crippen LogP contribution in [0.1, 0.15) is 10.4 Å². The van der Waals surface area contributed by atoms with Crippen molar-refractivity contribution >= 4 is 11.9 Å². The van der Waals surface area contributed by atoms with E-state index in [0.29, 0.717) is 0 Å². The van der Waals surface area contributed by atoms with Gasteiger partial charge in [0.1, 0.15) is 17.9 Å². The number of hydrogen-bond donors (Lipinski definition) is 1. The molecule has 0 bridgehead atoms. The van der Waals surface area contributed by atoms with Gasteiger partial charge in [0.25, 0.3) is 0 Å². The van der Waals surface area contributed by atoms with Crippen LogP contribution in [0, 0.1) is 0 Å². The molecule has 1 aromatic rings. The van der Waals surface area contributed by atoms with Gasteiger partial charge in [0.15, 0.2) is 0 Å². The van der Waals surface area contributed by atoms with Crippen LogP contribution in [0.15, 0.2) is 29.4 Å². The van der Waals surface area contributed by atoms with E-state index in [1.807, 2.05) is 0 Å². The first-order valence-corrected chi connectivity index (χ1v) is 4.19. The summed E-state index contributed by atoms with van der Waals surface area (Å²) in [5, 5.41) is 12.2. The molecule has 0 fully saturated rings. The van der Waals surface area contributed by atoms with Gasteiger partial charge in [0.2, 0.25) is 0 Å². The zero-order valence-electron chi connectivity index (χ0n) is 8.03. The molecule has 1 N–H and O–H groups in total. The fourth-order valence-electron chi connectivity index (χ4n) is 0.926. The third-order valence-corrected chi connectivity index (χ3v) is 1.59. The SMILES string of the molecule is [N-]=[N+]=NCC(=O)OC(=O)c1ccccc1O. The summed E-state index contributed by atoms with van der Waals surface area (Å²) in [6.45, 7) is -0.574. The molecule has 1 rings (SSSR count). The van der Waals surface area contributed by atoms with Crippen molar-refractivity contribution in [1.82, 2.24) is 0 Å². The second kappa shape index (κ2) is 5.38. The summed E-state index contributed by atoms with van der Waals surface area (Å²) in [5.41, 5.74) is 7.81. The van der Waals surface area contributed by atoms with E-state index >= 15 is 0 Å². The number of azide groups is 1. The topological polar surface area (TPSA) is 112 Å². The molecule has 0 saturated heterocycles. The minimum absolute atomic E-state index is 0.128. The van der Waals surface area contributed by atoms with Crippen LogP contribution in [0.4, 0.5) is 0 Å². The maximum atomic E-state index is 11.3. The molecule has 0 amide bonds. The molecule has 7 nitrogen and oxygen atoms in total. The molecule has 1 aromatic carbocycles. The number of hydrogen-bond acceptors (Lipinski definition) is 5. The van der Waals surface area contributed by atoms with Gasteiger partial charge in [-0.25, -0.2) is 4.79 Å². The number of aromatic hydroxyl groups is 1. The number of nitrogens with zero attached hydrogens (tertiary/aromatic N) is 3. The molecule has 0 atom stereocenters. The van der Waals surface area contributed by atoms with Gasteiger partial charge >= 0.3 is 11.9 Å². The van der Waals surface area contributed by atoms with Crippen molar-refractivity contribution in [2.45, 2.75) is 0 Å². The Balaban J connectivity index is 2.69. The van der Waals surface area contributed by atoms with Crippen LogP contribution in [0.2, 0.25) is 0 Å². The van der Waals surface area contributed by atoms with Crippen LogP contribution < -0.4 is 0 Å².